The molecule has 1 aromatic heterocycles. The van der Waals surface area contributed by atoms with Gasteiger partial charge in [0.25, 0.3) is 0 Å². The van der Waals surface area contributed by atoms with Gasteiger partial charge >= 0.3 is 6.36 Å². The number of nitrogens with one attached hydrogen (secondary N) is 2. The van der Waals surface area contributed by atoms with Crippen LogP contribution in [0.2, 0.25) is 0 Å². The molecule has 114 valence electrons. The SMILES string of the molecule is CCCNCc1cn[nH]c1-c1ccc(OC(F)(F)F)cc1. The van der Waals surface area contributed by atoms with E-state index >= 15 is 0 Å². The van der Waals surface area contributed by atoms with E-state index in [0.717, 1.165) is 29.8 Å². The fraction of sp³-hybridized carbons (Fsp3) is 0.357. The molecular weight excluding hydrogens is 283 g/mol. The molecule has 0 aliphatic carbocycles. The molecule has 0 saturated carbocycles. The van der Waals surface area contributed by atoms with Gasteiger partial charge in [-0.3, -0.25) is 5.10 Å². The maximum atomic E-state index is 12.1. The highest BCUT2D eigenvalue weighted by Gasteiger charge is 2.30. The highest BCUT2D eigenvalue weighted by atomic mass is 19.4. The zero-order valence-corrected chi connectivity index (χ0v) is 11.5. The number of H-pyrrole nitrogens is 1. The van der Waals surface area contributed by atoms with E-state index < -0.39 is 6.36 Å². The lowest BCUT2D eigenvalue weighted by Crippen LogP contribution is -2.17. The minimum atomic E-state index is -4.68. The molecular formula is C14H16F3N3O. The topological polar surface area (TPSA) is 49.9 Å². The van der Waals surface area contributed by atoms with E-state index in [1.54, 1.807) is 18.3 Å². The first-order valence-electron chi connectivity index (χ1n) is 6.58. The van der Waals surface area contributed by atoms with Crippen LogP contribution in [0, 0.1) is 0 Å². The molecule has 4 nitrogen and oxygen atoms in total. The lowest BCUT2D eigenvalue weighted by molar-refractivity contribution is -0.274. The largest absolute Gasteiger partial charge is 0.573 e. The molecule has 7 heteroatoms. The van der Waals surface area contributed by atoms with Crippen LogP contribution in [0.15, 0.2) is 30.5 Å². The fourth-order valence-corrected chi connectivity index (χ4v) is 1.92. The predicted molar refractivity (Wildman–Crippen MR) is 72.7 cm³/mol. The molecule has 2 aromatic rings. The summed E-state index contributed by atoms with van der Waals surface area (Å²) in [6.45, 7) is 3.62. The first-order chi connectivity index (χ1) is 9.99. The second kappa shape index (κ2) is 6.62. The van der Waals surface area contributed by atoms with Crippen LogP contribution < -0.4 is 10.1 Å². The Morgan fingerprint density at radius 3 is 2.57 bits per heavy atom. The Kier molecular flexibility index (Phi) is 4.85. The minimum Gasteiger partial charge on any atom is -0.406 e. The molecule has 0 radical (unpaired) electrons. The second-order valence-electron chi connectivity index (χ2n) is 4.52. The number of halogens is 3. The van der Waals surface area contributed by atoms with Gasteiger partial charge in [-0.05, 0) is 37.2 Å². The summed E-state index contributed by atoms with van der Waals surface area (Å²) < 4.78 is 40.2. The van der Waals surface area contributed by atoms with Crippen LogP contribution in [0.4, 0.5) is 13.2 Å². The van der Waals surface area contributed by atoms with Crippen molar-refractivity contribution < 1.29 is 17.9 Å². The first-order valence-corrected chi connectivity index (χ1v) is 6.58. The number of hydrogen-bond acceptors (Lipinski definition) is 3. The van der Waals surface area contributed by atoms with Crippen molar-refractivity contribution in [3.8, 4) is 17.0 Å². The van der Waals surface area contributed by atoms with Crippen LogP contribution in [0.5, 0.6) is 5.75 Å². The second-order valence-corrected chi connectivity index (χ2v) is 4.52. The molecule has 0 atom stereocenters. The number of aromatic amines is 1. The van der Waals surface area contributed by atoms with Crippen molar-refractivity contribution in [2.24, 2.45) is 0 Å². The van der Waals surface area contributed by atoms with Crippen LogP contribution >= 0.6 is 0 Å². The third kappa shape index (κ3) is 4.49. The smallest absolute Gasteiger partial charge is 0.406 e. The van der Waals surface area contributed by atoms with E-state index in [1.807, 2.05) is 0 Å². The molecule has 0 saturated heterocycles. The summed E-state index contributed by atoms with van der Waals surface area (Å²) in [6, 6.07) is 5.70. The van der Waals surface area contributed by atoms with Gasteiger partial charge in [0.05, 0.1) is 11.9 Å². The van der Waals surface area contributed by atoms with Crippen molar-refractivity contribution in [3.05, 3.63) is 36.0 Å². The minimum absolute atomic E-state index is 0.239. The van der Waals surface area contributed by atoms with Gasteiger partial charge in [0, 0.05) is 17.7 Å². The van der Waals surface area contributed by atoms with Crippen LogP contribution in [-0.4, -0.2) is 23.1 Å². The molecule has 2 N–H and O–H groups in total. The average molecular weight is 299 g/mol. The van der Waals surface area contributed by atoms with Crippen molar-refractivity contribution in [3.63, 3.8) is 0 Å². The zero-order chi connectivity index (χ0) is 15.3. The van der Waals surface area contributed by atoms with Crippen LogP contribution in [0.3, 0.4) is 0 Å². The van der Waals surface area contributed by atoms with Crippen LogP contribution in [0.25, 0.3) is 11.3 Å². The maximum Gasteiger partial charge on any atom is 0.573 e. The Labute approximate surface area is 120 Å². The number of hydrogen-bond donors (Lipinski definition) is 2. The predicted octanol–water partition coefficient (Wildman–Crippen LogP) is 3.47. The number of aromatic nitrogens is 2. The Bertz CT molecular complexity index is 564. The van der Waals surface area contributed by atoms with Gasteiger partial charge in [-0.25, -0.2) is 0 Å². The molecule has 0 bridgehead atoms. The fourth-order valence-electron chi connectivity index (χ4n) is 1.92. The molecule has 21 heavy (non-hydrogen) atoms. The molecule has 0 unspecified atom stereocenters. The Balaban J connectivity index is 2.10. The van der Waals surface area contributed by atoms with Crippen molar-refractivity contribution in [1.29, 1.82) is 0 Å². The van der Waals surface area contributed by atoms with Crippen molar-refractivity contribution in [2.45, 2.75) is 26.3 Å². The number of benzene rings is 1. The zero-order valence-electron chi connectivity index (χ0n) is 11.5. The molecule has 0 amide bonds. The highest BCUT2D eigenvalue weighted by Crippen LogP contribution is 2.27. The van der Waals surface area contributed by atoms with Gasteiger partial charge in [-0.1, -0.05) is 6.92 Å². The summed E-state index contributed by atoms with van der Waals surface area (Å²) in [6.07, 6.45) is -1.94. The van der Waals surface area contributed by atoms with Gasteiger partial charge in [0.15, 0.2) is 0 Å². The number of nitrogens with zero attached hydrogens (tertiary/aromatic N) is 1. The normalized spacial score (nSPS) is 11.6. The summed E-state index contributed by atoms with van der Waals surface area (Å²) in [4.78, 5) is 0. The van der Waals surface area contributed by atoms with E-state index in [9.17, 15) is 13.2 Å². The van der Waals surface area contributed by atoms with Gasteiger partial charge < -0.3 is 10.1 Å². The van der Waals surface area contributed by atoms with E-state index in [1.165, 1.54) is 12.1 Å². The van der Waals surface area contributed by atoms with E-state index in [2.05, 4.69) is 27.2 Å². The molecule has 0 aliphatic rings. The van der Waals surface area contributed by atoms with Gasteiger partial charge in [-0.2, -0.15) is 5.10 Å². The standard InChI is InChI=1S/C14H16F3N3O/c1-2-7-18-8-11-9-19-20-13(11)10-3-5-12(6-4-10)21-14(15,16)17/h3-6,9,18H,2,7-8H2,1H3,(H,19,20). The van der Waals surface area contributed by atoms with E-state index in [0.29, 0.717) is 6.54 Å². The van der Waals surface area contributed by atoms with Crippen LogP contribution in [-0.2, 0) is 6.54 Å². The Hall–Kier alpha value is -2.02. The molecule has 1 heterocycles. The first kappa shape index (κ1) is 15.4. The molecule has 2 rings (SSSR count). The third-order valence-electron chi connectivity index (χ3n) is 2.84. The number of ether oxygens (including phenoxy) is 1. The molecule has 0 fully saturated rings. The summed E-state index contributed by atoms with van der Waals surface area (Å²) in [7, 11) is 0. The summed E-state index contributed by atoms with van der Waals surface area (Å²) >= 11 is 0. The monoisotopic (exact) mass is 299 g/mol. The Morgan fingerprint density at radius 1 is 1.24 bits per heavy atom. The quantitative estimate of drug-likeness (QED) is 0.803. The molecule has 0 spiro atoms. The van der Waals surface area contributed by atoms with Crippen molar-refractivity contribution in [1.82, 2.24) is 15.5 Å². The maximum absolute atomic E-state index is 12.1. The number of rotatable bonds is 6. The van der Waals surface area contributed by atoms with Gasteiger partial charge in [-0.15, -0.1) is 13.2 Å². The van der Waals surface area contributed by atoms with Crippen LogP contribution in [0.1, 0.15) is 18.9 Å². The Morgan fingerprint density at radius 2 is 1.95 bits per heavy atom. The summed E-state index contributed by atoms with van der Waals surface area (Å²) in [5, 5.41) is 10.1. The van der Waals surface area contributed by atoms with E-state index in [4.69, 9.17) is 0 Å². The van der Waals surface area contributed by atoms with Crippen molar-refractivity contribution in [2.75, 3.05) is 6.54 Å². The molecule has 0 aliphatic heterocycles. The van der Waals surface area contributed by atoms with E-state index in [-0.39, 0.29) is 5.75 Å². The lowest BCUT2D eigenvalue weighted by Gasteiger charge is -2.09. The average Bonchev–Trinajstić information content (AvgIpc) is 2.86. The van der Waals surface area contributed by atoms with Crippen molar-refractivity contribution >= 4 is 0 Å². The third-order valence-corrected chi connectivity index (χ3v) is 2.84. The number of alkyl halides is 3. The highest BCUT2D eigenvalue weighted by molar-refractivity contribution is 5.63. The lowest BCUT2D eigenvalue weighted by atomic mass is 10.1. The molecule has 1 aromatic carbocycles. The van der Waals surface area contributed by atoms with Gasteiger partial charge in [0.2, 0.25) is 0 Å². The van der Waals surface area contributed by atoms with Gasteiger partial charge in [0.1, 0.15) is 5.75 Å². The summed E-state index contributed by atoms with van der Waals surface area (Å²) in [5.41, 5.74) is 2.51. The summed E-state index contributed by atoms with van der Waals surface area (Å²) in [5.74, 6) is -0.239.